The second-order valence-corrected chi connectivity index (χ2v) is 9.07. The predicted octanol–water partition coefficient (Wildman–Crippen LogP) is 4.30. The first-order chi connectivity index (χ1) is 18.8. The van der Waals surface area contributed by atoms with E-state index < -0.39 is 11.8 Å². The molecule has 9 heteroatoms. The van der Waals surface area contributed by atoms with E-state index in [4.69, 9.17) is 9.47 Å². The molecule has 0 aliphatic rings. The minimum Gasteiger partial charge on any atom is -0.490 e. The van der Waals surface area contributed by atoms with Crippen LogP contribution < -0.4 is 25.5 Å². The normalized spacial score (nSPS) is 10.8. The number of para-hydroxylation sites is 1. The van der Waals surface area contributed by atoms with Crippen molar-refractivity contribution in [2.24, 2.45) is 5.10 Å². The fraction of sp³-hybridized carbons (Fsp3) is 0.267. The molecule has 0 aliphatic carbocycles. The Hall–Kier alpha value is -4.66. The number of rotatable bonds is 11. The Labute approximate surface area is 228 Å². The summed E-state index contributed by atoms with van der Waals surface area (Å²) in [6.45, 7) is 8.36. The molecule has 0 radical (unpaired) electrons. The van der Waals surface area contributed by atoms with Crippen LogP contribution in [0.2, 0.25) is 0 Å². The molecule has 0 atom stereocenters. The third-order valence-corrected chi connectivity index (χ3v) is 5.73. The first-order valence-corrected chi connectivity index (χ1v) is 12.7. The fourth-order valence-electron chi connectivity index (χ4n) is 3.53. The number of hydrogen-bond acceptors (Lipinski definition) is 6. The molecule has 0 fully saturated rings. The minimum absolute atomic E-state index is 0.200. The lowest BCUT2D eigenvalue weighted by atomic mass is 10.0. The number of amides is 3. The number of hydrazone groups is 1. The zero-order valence-corrected chi connectivity index (χ0v) is 22.6. The molecule has 3 aromatic carbocycles. The van der Waals surface area contributed by atoms with E-state index in [-0.39, 0.29) is 19.1 Å². The van der Waals surface area contributed by atoms with Crippen molar-refractivity contribution in [1.29, 1.82) is 0 Å². The van der Waals surface area contributed by atoms with Gasteiger partial charge in [-0.1, -0.05) is 56.3 Å². The van der Waals surface area contributed by atoms with Crippen LogP contribution in [-0.4, -0.2) is 37.1 Å². The Bertz CT molecular complexity index is 1320. The Morgan fingerprint density at radius 1 is 0.923 bits per heavy atom. The van der Waals surface area contributed by atoms with Crippen molar-refractivity contribution >= 4 is 29.6 Å². The van der Waals surface area contributed by atoms with E-state index in [1.165, 1.54) is 11.8 Å². The second kappa shape index (κ2) is 14.3. The van der Waals surface area contributed by atoms with Crippen molar-refractivity contribution in [2.75, 3.05) is 18.5 Å². The molecule has 0 aliphatic heterocycles. The van der Waals surface area contributed by atoms with Crippen molar-refractivity contribution < 1.29 is 23.9 Å². The van der Waals surface area contributed by atoms with Crippen molar-refractivity contribution in [3.63, 3.8) is 0 Å². The maximum atomic E-state index is 12.3. The number of nitrogens with one attached hydrogen (secondary N) is 3. The molecular weight excluding hydrogens is 496 g/mol. The highest BCUT2D eigenvalue weighted by molar-refractivity contribution is 6.35. The molecule has 0 saturated carbocycles. The number of hydrogen-bond donors (Lipinski definition) is 3. The Morgan fingerprint density at radius 3 is 2.36 bits per heavy atom. The number of benzene rings is 3. The minimum atomic E-state index is -0.880. The first kappa shape index (κ1) is 28.9. The predicted molar refractivity (Wildman–Crippen MR) is 151 cm³/mol. The van der Waals surface area contributed by atoms with E-state index in [9.17, 15) is 14.4 Å². The SMILES string of the molecule is CCOc1cc(/C=N\NC(=O)C(=O)NCc2ccc(C(C)C)cc2)ccc1OCC(=O)Nc1ccccc1C. The summed E-state index contributed by atoms with van der Waals surface area (Å²) in [5.41, 5.74) is 6.58. The van der Waals surface area contributed by atoms with Gasteiger partial charge in [-0.2, -0.15) is 5.10 Å². The average molecular weight is 531 g/mol. The molecule has 0 heterocycles. The second-order valence-electron chi connectivity index (χ2n) is 9.07. The quantitative estimate of drug-likeness (QED) is 0.194. The van der Waals surface area contributed by atoms with Crippen LogP contribution in [0.4, 0.5) is 5.69 Å². The highest BCUT2D eigenvalue weighted by Crippen LogP contribution is 2.28. The van der Waals surface area contributed by atoms with Gasteiger partial charge in [-0.25, -0.2) is 5.43 Å². The number of aryl methyl sites for hydroxylation is 1. The van der Waals surface area contributed by atoms with Gasteiger partial charge in [-0.05, 0) is 66.3 Å². The van der Waals surface area contributed by atoms with Gasteiger partial charge < -0.3 is 20.1 Å². The van der Waals surface area contributed by atoms with Gasteiger partial charge in [0.15, 0.2) is 18.1 Å². The molecule has 3 N–H and O–H groups in total. The van der Waals surface area contributed by atoms with Gasteiger partial charge in [0.1, 0.15) is 0 Å². The summed E-state index contributed by atoms with van der Waals surface area (Å²) in [4.78, 5) is 36.5. The Kier molecular flexibility index (Phi) is 10.6. The Balaban J connectivity index is 1.51. The lowest BCUT2D eigenvalue weighted by Gasteiger charge is -2.13. The molecule has 3 aromatic rings. The number of carbonyl (C=O) groups is 3. The van der Waals surface area contributed by atoms with Crippen LogP contribution in [-0.2, 0) is 20.9 Å². The van der Waals surface area contributed by atoms with Crippen LogP contribution in [0.5, 0.6) is 11.5 Å². The monoisotopic (exact) mass is 530 g/mol. The maximum Gasteiger partial charge on any atom is 0.329 e. The van der Waals surface area contributed by atoms with Crippen LogP contribution >= 0.6 is 0 Å². The molecule has 39 heavy (non-hydrogen) atoms. The summed E-state index contributed by atoms with van der Waals surface area (Å²) < 4.78 is 11.3. The number of ether oxygens (including phenoxy) is 2. The van der Waals surface area contributed by atoms with E-state index in [0.717, 1.165) is 16.8 Å². The third-order valence-electron chi connectivity index (χ3n) is 5.73. The van der Waals surface area contributed by atoms with Gasteiger partial charge in [-0.3, -0.25) is 14.4 Å². The number of nitrogens with zero attached hydrogens (tertiary/aromatic N) is 1. The topological polar surface area (TPSA) is 118 Å². The molecule has 0 aromatic heterocycles. The lowest BCUT2D eigenvalue weighted by molar-refractivity contribution is -0.139. The molecule has 0 unspecified atom stereocenters. The summed E-state index contributed by atoms with van der Waals surface area (Å²) in [5, 5.41) is 9.26. The molecule has 0 spiro atoms. The van der Waals surface area contributed by atoms with E-state index in [1.807, 2.05) is 62.4 Å². The molecule has 204 valence electrons. The highest BCUT2D eigenvalue weighted by Gasteiger charge is 2.13. The van der Waals surface area contributed by atoms with Gasteiger partial charge in [0, 0.05) is 12.2 Å². The zero-order chi connectivity index (χ0) is 28.2. The van der Waals surface area contributed by atoms with Gasteiger partial charge in [0.05, 0.1) is 12.8 Å². The van der Waals surface area contributed by atoms with Crippen molar-refractivity contribution in [1.82, 2.24) is 10.7 Å². The summed E-state index contributed by atoms with van der Waals surface area (Å²) >= 11 is 0. The summed E-state index contributed by atoms with van der Waals surface area (Å²) in [7, 11) is 0. The Morgan fingerprint density at radius 2 is 1.67 bits per heavy atom. The van der Waals surface area contributed by atoms with E-state index >= 15 is 0 Å². The van der Waals surface area contributed by atoms with Crippen molar-refractivity contribution in [2.45, 2.75) is 40.2 Å². The van der Waals surface area contributed by atoms with Crippen molar-refractivity contribution in [3.05, 3.63) is 89.0 Å². The van der Waals surface area contributed by atoms with E-state index in [1.54, 1.807) is 18.2 Å². The smallest absolute Gasteiger partial charge is 0.329 e. The zero-order valence-electron chi connectivity index (χ0n) is 22.6. The summed E-state index contributed by atoms with van der Waals surface area (Å²) in [5.74, 6) is -0.749. The van der Waals surface area contributed by atoms with Crippen LogP contribution in [0, 0.1) is 6.92 Å². The standard InChI is InChI=1S/C30H34N4O5/c1-5-38-27-16-23(12-15-26(27)39-19-28(35)33-25-9-7-6-8-21(25)4)18-32-34-30(37)29(36)31-17-22-10-13-24(14-11-22)20(2)3/h6-16,18,20H,5,17,19H2,1-4H3,(H,31,36)(H,33,35)(H,34,37)/b32-18-. The summed E-state index contributed by atoms with van der Waals surface area (Å²) in [6, 6.07) is 20.3. The van der Waals surface area contributed by atoms with Gasteiger partial charge in [0.2, 0.25) is 0 Å². The largest absolute Gasteiger partial charge is 0.490 e. The lowest BCUT2D eigenvalue weighted by Crippen LogP contribution is -2.37. The molecule has 3 amide bonds. The summed E-state index contributed by atoms with van der Waals surface area (Å²) in [6.07, 6.45) is 1.38. The van der Waals surface area contributed by atoms with Gasteiger partial charge in [-0.15, -0.1) is 0 Å². The van der Waals surface area contributed by atoms with Crippen LogP contribution in [0.1, 0.15) is 48.9 Å². The van der Waals surface area contributed by atoms with Gasteiger partial charge >= 0.3 is 11.8 Å². The highest BCUT2D eigenvalue weighted by atomic mass is 16.5. The van der Waals surface area contributed by atoms with E-state index in [2.05, 4.69) is 35.0 Å². The number of carbonyl (C=O) groups excluding carboxylic acids is 3. The molecule has 9 nitrogen and oxygen atoms in total. The molecule has 0 bridgehead atoms. The van der Waals surface area contributed by atoms with E-state index in [0.29, 0.717) is 29.6 Å². The fourth-order valence-corrected chi connectivity index (χ4v) is 3.53. The van der Waals surface area contributed by atoms with Crippen molar-refractivity contribution in [3.8, 4) is 11.5 Å². The molecule has 0 saturated heterocycles. The van der Waals surface area contributed by atoms with Crippen LogP contribution in [0.3, 0.4) is 0 Å². The maximum absolute atomic E-state index is 12.3. The first-order valence-electron chi connectivity index (χ1n) is 12.7. The third kappa shape index (κ3) is 8.99. The molecule has 3 rings (SSSR count). The van der Waals surface area contributed by atoms with Crippen LogP contribution in [0.25, 0.3) is 0 Å². The van der Waals surface area contributed by atoms with Crippen LogP contribution in [0.15, 0.2) is 71.8 Å². The average Bonchev–Trinajstić information content (AvgIpc) is 2.93. The van der Waals surface area contributed by atoms with Gasteiger partial charge in [0.25, 0.3) is 5.91 Å². The number of anilines is 1. The molecular formula is C30H34N4O5.